The Morgan fingerprint density at radius 2 is 1.90 bits per heavy atom. The van der Waals surface area contributed by atoms with Gasteiger partial charge in [0.05, 0.1) is 25.8 Å². The van der Waals surface area contributed by atoms with Gasteiger partial charge in [-0.05, 0) is 49.4 Å². The zero-order valence-corrected chi connectivity index (χ0v) is 21.6. The molecule has 0 bridgehead atoms. The Labute approximate surface area is 224 Å². The molecule has 11 heteroatoms. The van der Waals surface area contributed by atoms with E-state index < -0.39 is 6.09 Å². The van der Waals surface area contributed by atoms with Gasteiger partial charge >= 0.3 is 6.09 Å². The Hall–Kier alpha value is -4.77. The molecular formula is C28H26N4O7. The Morgan fingerprint density at radius 1 is 1.05 bits per heavy atom. The predicted molar refractivity (Wildman–Crippen MR) is 144 cm³/mol. The minimum absolute atomic E-state index is 0.192. The summed E-state index contributed by atoms with van der Waals surface area (Å²) >= 11 is 0. The summed E-state index contributed by atoms with van der Waals surface area (Å²) in [4.78, 5) is 47.7. The zero-order valence-electron chi connectivity index (χ0n) is 21.6. The highest BCUT2D eigenvalue weighted by molar-refractivity contribution is 6.34. The van der Waals surface area contributed by atoms with Crippen molar-refractivity contribution in [2.24, 2.45) is 0 Å². The number of allylic oxidation sites excluding steroid dienone is 4. The zero-order chi connectivity index (χ0) is 27.5. The van der Waals surface area contributed by atoms with Gasteiger partial charge in [0.2, 0.25) is 0 Å². The van der Waals surface area contributed by atoms with Gasteiger partial charge in [-0.1, -0.05) is 0 Å². The van der Waals surface area contributed by atoms with Crippen LogP contribution in [0.2, 0.25) is 0 Å². The Kier molecular flexibility index (Phi) is 7.24. The van der Waals surface area contributed by atoms with E-state index in [9.17, 15) is 14.4 Å². The highest BCUT2D eigenvalue weighted by atomic mass is 16.6. The SMILES string of the molecule is COCCOc1cc2ncnc(Nc3ccc(N4CC(C)OC4=O)cc3C3=CC(=O)C=CC3=O)c2cc1OC. The number of amides is 1. The lowest BCUT2D eigenvalue weighted by Gasteiger charge is -2.20. The number of ether oxygens (including phenoxy) is 4. The van der Waals surface area contributed by atoms with Crippen LogP contribution in [0.1, 0.15) is 12.5 Å². The number of benzene rings is 2. The van der Waals surface area contributed by atoms with Crippen LogP contribution >= 0.6 is 0 Å². The van der Waals surface area contributed by atoms with Gasteiger partial charge < -0.3 is 24.3 Å². The first-order valence-electron chi connectivity index (χ1n) is 12.2. The fourth-order valence-electron chi connectivity index (χ4n) is 4.37. The van der Waals surface area contributed by atoms with Gasteiger partial charge in [-0.25, -0.2) is 14.8 Å². The van der Waals surface area contributed by atoms with Crippen molar-refractivity contribution in [1.29, 1.82) is 0 Å². The van der Waals surface area contributed by atoms with Crippen LogP contribution in [-0.4, -0.2) is 67.7 Å². The third kappa shape index (κ3) is 5.30. The van der Waals surface area contributed by atoms with E-state index in [-0.39, 0.29) is 23.2 Å². The van der Waals surface area contributed by atoms with Crippen molar-refractivity contribution in [3.05, 3.63) is 60.5 Å². The predicted octanol–water partition coefficient (Wildman–Crippen LogP) is 3.84. The van der Waals surface area contributed by atoms with E-state index in [1.807, 2.05) is 0 Å². The van der Waals surface area contributed by atoms with Crippen LogP contribution in [0.4, 0.5) is 22.0 Å². The number of anilines is 3. The summed E-state index contributed by atoms with van der Waals surface area (Å²) in [6, 6.07) is 8.65. The minimum Gasteiger partial charge on any atom is -0.493 e. The van der Waals surface area contributed by atoms with Gasteiger partial charge in [0.15, 0.2) is 23.1 Å². The van der Waals surface area contributed by atoms with Gasteiger partial charge in [0.25, 0.3) is 0 Å². The number of ketones is 2. The fraction of sp³-hybridized carbons (Fsp3) is 0.250. The number of nitrogens with one attached hydrogen (secondary N) is 1. The molecule has 3 aromatic rings. The van der Waals surface area contributed by atoms with E-state index in [0.29, 0.717) is 64.9 Å². The normalized spacial score (nSPS) is 16.9. The van der Waals surface area contributed by atoms with E-state index in [4.69, 9.17) is 18.9 Å². The van der Waals surface area contributed by atoms with Gasteiger partial charge in [0, 0.05) is 41.1 Å². The van der Waals surface area contributed by atoms with E-state index in [0.717, 1.165) is 0 Å². The van der Waals surface area contributed by atoms with Crippen LogP contribution in [0, 0.1) is 0 Å². The van der Waals surface area contributed by atoms with E-state index >= 15 is 0 Å². The number of rotatable bonds is 9. The van der Waals surface area contributed by atoms with Crippen LogP contribution in [0.15, 0.2) is 54.9 Å². The number of methoxy groups -OCH3 is 2. The van der Waals surface area contributed by atoms with Gasteiger partial charge in [-0.2, -0.15) is 0 Å². The summed E-state index contributed by atoms with van der Waals surface area (Å²) in [6.07, 6.45) is 4.39. The molecule has 11 nitrogen and oxygen atoms in total. The van der Waals surface area contributed by atoms with Crippen LogP contribution < -0.4 is 19.7 Å². The van der Waals surface area contributed by atoms with Crippen molar-refractivity contribution in [1.82, 2.24) is 9.97 Å². The highest BCUT2D eigenvalue weighted by Crippen LogP contribution is 2.37. The molecule has 1 amide bonds. The van der Waals surface area contributed by atoms with Crippen molar-refractivity contribution in [3.63, 3.8) is 0 Å². The number of fused-ring (bicyclic) bond motifs is 1. The number of aromatic nitrogens is 2. The van der Waals surface area contributed by atoms with Gasteiger partial charge in [-0.15, -0.1) is 0 Å². The summed E-state index contributed by atoms with van der Waals surface area (Å²) in [7, 11) is 3.13. The molecule has 2 aliphatic rings. The number of cyclic esters (lactones) is 1. The summed E-state index contributed by atoms with van der Waals surface area (Å²) < 4.78 is 21.6. The largest absolute Gasteiger partial charge is 0.493 e. The molecule has 1 aliphatic heterocycles. The van der Waals surface area contributed by atoms with Gasteiger partial charge in [-0.3, -0.25) is 14.5 Å². The molecule has 0 spiro atoms. The van der Waals surface area contributed by atoms with Crippen molar-refractivity contribution in [3.8, 4) is 11.5 Å². The smallest absolute Gasteiger partial charge is 0.414 e. The Balaban J connectivity index is 1.57. The molecule has 2 aromatic carbocycles. The third-order valence-corrected chi connectivity index (χ3v) is 6.24. The topological polar surface area (TPSA) is 129 Å². The van der Waals surface area contributed by atoms with Crippen LogP contribution in [0.5, 0.6) is 11.5 Å². The van der Waals surface area contributed by atoms with Crippen LogP contribution in [-0.2, 0) is 19.1 Å². The molecule has 200 valence electrons. The van der Waals surface area contributed by atoms with Crippen molar-refractivity contribution >= 4 is 51.3 Å². The lowest BCUT2D eigenvalue weighted by Crippen LogP contribution is -2.24. The van der Waals surface area contributed by atoms with Crippen molar-refractivity contribution < 1.29 is 33.3 Å². The average Bonchev–Trinajstić information content (AvgIpc) is 3.27. The first-order valence-corrected chi connectivity index (χ1v) is 12.2. The first-order chi connectivity index (χ1) is 18.9. The molecule has 0 radical (unpaired) electrons. The highest BCUT2D eigenvalue weighted by Gasteiger charge is 2.30. The molecule has 1 N–H and O–H groups in total. The molecule has 39 heavy (non-hydrogen) atoms. The number of nitrogens with zero attached hydrogens (tertiary/aromatic N) is 3. The number of hydrogen-bond acceptors (Lipinski definition) is 10. The summed E-state index contributed by atoms with van der Waals surface area (Å²) in [5.74, 6) is 0.782. The molecular weight excluding hydrogens is 504 g/mol. The molecule has 1 aromatic heterocycles. The summed E-state index contributed by atoms with van der Waals surface area (Å²) in [6.45, 7) is 2.91. The van der Waals surface area contributed by atoms with Crippen LogP contribution in [0.3, 0.4) is 0 Å². The minimum atomic E-state index is -0.480. The molecule has 0 saturated carbocycles. The summed E-state index contributed by atoms with van der Waals surface area (Å²) in [5.41, 5.74) is 2.26. The average molecular weight is 531 g/mol. The van der Waals surface area contributed by atoms with E-state index in [1.165, 1.54) is 36.6 Å². The number of carbonyl (C=O) groups excluding carboxylic acids is 3. The second-order valence-corrected chi connectivity index (χ2v) is 8.90. The molecule has 2 heterocycles. The molecule has 1 atom stereocenters. The Bertz CT molecular complexity index is 1530. The van der Waals surface area contributed by atoms with E-state index in [1.54, 1.807) is 44.4 Å². The monoisotopic (exact) mass is 530 g/mol. The summed E-state index contributed by atoms with van der Waals surface area (Å²) in [5, 5.41) is 3.92. The maximum Gasteiger partial charge on any atom is 0.414 e. The quantitative estimate of drug-likeness (QED) is 0.322. The maximum absolute atomic E-state index is 12.8. The molecule has 5 rings (SSSR count). The Morgan fingerprint density at radius 3 is 2.64 bits per heavy atom. The standard InChI is InChI=1S/C28H26N4O7/c1-16-14-32(28(35)39-16)17-4-6-22(19(10-17)20-11-18(33)5-7-24(20)34)31-27-21-12-25(37-3)26(38-9-8-36-2)13-23(21)29-15-30-27/h4-7,10-13,15-16H,8-9,14H2,1-3H3,(H,29,30,31). The number of carbonyl (C=O) groups is 3. The lowest BCUT2D eigenvalue weighted by molar-refractivity contribution is -0.113. The van der Waals surface area contributed by atoms with Crippen molar-refractivity contribution in [2.75, 3.05) is 44.2 Å². The third-order valence-electron chi connectivity index (χ3n) is 6.24. The van der Waals surface area contributed by atoms with Crippen LogP contribution in [0.25, 0.3) is 16.5 Å². The molecule has 1 unspecified atom stereocenters. The lowest BCUT2D eigenvalue weighted by atomic mass is 9.94. The van der Waals surface area contributed by atoms with Gasteiger partial charge in [0.1, 0.15) is 24.9 Å². The van der Waals surface area contributed by atoms with Crippen molar-refractivity contribution in [2.45, 2.75) is 13.0 Å². The first kappa shape index (κ1) is 25.9. The molecule has 1 fully saturated rings. The molecule has 1 aliphatic carbocycles. The second-order valence-electron chi connectivity index (χ2n) is 8.90. The maximum atomic E-state index is 12.8. The fourth-order valence-corrected chi connectivity index (χ4v) is 4.37. The number of hydrogen-bond donors (Lipinski definition) is 1. The second kappa shape index (κ2) is 10.9. The van der Waals surface area contributed by atoms with E-state index in [2.05, 4.69) is 15.3 Å². The molecule has 1 saturated heterocycles.